The Morgan fingerprint density at radius 1 is 1.17 bits per heavy atom. The van der Waals surface area contributed by atoms with Gasteiger partial charge in [-0.15, -0.1) is 28.2 Å². The minimum absolute atomic E-state index is 0.0137. The molecule has 48 heavy (non-hydrogen) atoms. The molecule has 2 aromatic heterocycles. The lowest BCUT2D eigenvalue weighted by molar-refractivity contribution is -0.161. The van der Waals surface area contributed by atoms with Crippen molar-refractivity contribution in [2.24, 2.45) is 5.16 Å². The number of fused-ring (bicyclic) bond motifs is 1. The monoisotopic (exact) mass is 710 g/mol. The van der Waals surface area contributed by atoms with Crippen molar-refractivity contribution < 1.29 is 52.6 Å². The summed E-state index contributed by atoms with van der Waals surface area (Å²) < 4.78 is 15.0. The van der Waals surface area contributed by atoms with E-state index in [2.05, 4.69) is 31.2 Å². The Hall–Kier alpha value is -5.25. The van der Waals surface area contributed by atoms with Gasteiger partial charge in [0.2, 0.25) is 5.60 Å². The molecule has 0 aliphatic carbocycles. The Kier molecular flexibility index (Phi) is 10.3. The summed E-state index contributed by atoms with van der Waals surface area (Å²) in [7, 11) is 0. The van der Waals surface area contributed by atoms with Gasteiger partial charge in [-0.1, -0.05) is 5.16 Å². The molecule has 4 heterocycles. The summed E-state index contributed by atoms with van der Waals surface area (Å²) in [5.74, 6) is -5.54. The molecule has 0 saturated carbocycles. The normalized spacial score (nSPS) is 17.9. The van der Waals surface area contributed by atoms with Crippen LogP contribution in [-0.4, -0.2) is 102 Å². The first-order chi connectivity index (χ1) is 22.4. The molecule has 0 unspecified atom stereocenters. The van der Waals surface area contributed by atoms with E-state index in [0.29, 0.717) is 0 Å². The molecule has 2 atom stereocenters. The van der Waals surface area contributed by atoms with Crippen LogP contribution in [0.2, 0.25) is 0 Å². The second-order valence-electron chi connectivity index (χ2n) is 11.5. The molecule has 4 amide bonds. The van der Waals surface area contributed by atoms with E-state index >= 15 is 0 Å². The van der Waals surface area contributed by atoms with Crippen LogP contribution in [0.1, 0.15) is 47.2 Å². The predicted octanol–water partition coefficient (Wildman–Crippen LogP) is 0.606. The zero-order valence-corrected chi connectivity index (χ0v) is 27.8. The first-order valence-electron chi connectivity index (χ1n) is 13.8. The zero-order valence-electron chi connectivity index (χ0n) is 26.2. The Labute approximate surface area is 278 Å². The quantitative estimate of drug-likeness (QED) is 0.0925. The molecule has 22 heteroatoms. The van der Waals surface area contributed by atoms with Crippen LogP contribution in [0.4, 0.5) is 15.9 Å². The van der Waals surface area contributed by atoms with E-state index in [4.69, 9.17) is 18.7 Å². The van der Waals surface area contributed by atoms with E-state index in [1.807, 2.05) is 5.10 Å². The maximum atomic E-state index is 13.6. The SMILES string of the molecule is CC(=O)OCC1=C(C(=O)Nc2n[nH]c(=O)o2)N2C(=O)[C@@H](NC(=O)/C(=N\OC(C)(C)C(=O)O)c3csc(NC(=O)OC(C)(C)C)n3)[C@H]2SC1. The number of rotatable bonds is 11. The number of oxime groups is 1. The molecule has 1 saturated heterocycles. The number of thioether (sulfide) groups is 1. The van der Waals surface area contributed by atoms with E-state index in [1.54, 1.807) is 20.8 Å². The van der Waals surface area contributed by atoms with Crippen LogP contribution in [0.5, 0.6) is 0 Å². The molecular weight excluding hydrogens is 680 g/mol. The van der Waals surface area contributed by atoms with E-state index in [-0.39, 0.29) is 34.5 Å². The number of hydrogen-bond donors (Lipinski definition) is 5. The lowest BCUT2D eigenvalue weighted by Gasteiger charge is -2.49. The van der Waals surface area contributed by atoms with Gasteiger partial charge in [0.05, 0.1) is 0 Å². The molecule has 1 fully saturated rings. The molecule has 4 rings (SSSR count). The zero-order chi connectivity index (χ0) is 35.6. The number of H-pyrrole nitrogens is 1. The smallest absolute Gasteiger partial charge is 0.435 e. The molecule has 258 valence electrons. The van der Waals surface area contributed by atoms with Crippen LogP contribution in [0.15, 0.2) is 31.0 Å². The molecule has 5 N–H and O–H groups in total. The first-order valence-corrected chi connectivity index (χ1v) is 15.7. The number of aromatic nitrogens is 3. The van der Waals surface area contributed by atoms with Gasteiger partial charge in [0.1, 0.15) is 35.0 Å². The minimum Gasteiger partial charge on any atom is -0.478 e. The number of carboxylic acids is 1. The number of nitrogens with one attached hydrogen (secondary N) is 4. The number of nitrogens with zero attached hydrogens (tertiary/aromatic N) is 4. The number of aromatic amines is 1. The van der Waals surface area contributed by atoms with Gasteiger partial charge in [0, 0.05) is 23.6 Å². The molecule has 2 aliphatic rings. The maximum absolute atomic E-state index is 13.6. The highest BCUT2D eigenvalue weighted by Crippen LogP contribution is 2.40. The largest absolute Gasteiger partial charge is 0.478 e. The van der Waals surface area contributed by atoms with Gasteiger partial charge in [0.25, 0.3) is 17.7 Å². The van der Waals surface area contributed by atoms with Gasteiger partial charge in [-0.05, 0) is 34.6 Å². The van der Waals surface area contributed by atoms with Gasteiger partial charge < -0.3 is 29.2 Å². The summed E-state index contributed by atoms with van der Waals surface area (Å²) in [4.78, 5) is 97.3. The fourth-order valence-electron chi connectivity index (χ4n) is 3.88. The van der Waals surface area contributed by atoms with Gasteiger partial charge in [-0.25, -0.2) is 24.5 Å². The van der Waals surface area contributed by atoms with Crippen molar-refractivity contribution in [1.29, 1.82) is 0 Å². The number of β-lactam (4-membered cyclic amide) rings is 1. The summed E-state index contributed by atoms with van der Waals surface area (Å²) in [6, 6.07) is -1.70. The third-order valence-electron chi connectivity index (χ3n) is 6.11. The van der Waals surface area contributed by atoms with Gasteiger partial charge >= 0.3 is 29.8 Å². The second-order valence-corrected chi connectivity index (χ2v) is 13.4. The van der Waals surface area contributed by atoms with E-state index < -0.39 is 75.9 Å². The average molecular weight is 711 g/mol. The third kappa shape index (κ3) is 8.36. The second kappa shape index (κ2) is 13.9. The standard InChI is InChI=1S/C26H30N8O12S2/c1-10(35)43-7-11-8-47-19-14(18(38)34(19)15(11)17(37)29-21-31-32-24(42)44-21)28-16(36)13(33-46-26(5,6)20(39)40)12-9-48-22(27-12)30-23(41)45-25(2,3)4/h9,14,19H,7-8H2,1-6H3,(H,28,36)(H,32,42)(H,39,40)(H,27,30,41)(H,29,31,37)/b33-13-/t14-,19-/m1/s1. The first kappa shape index (κ1) is 35.6. The lowest BCUT2D eigenvalue weighted by Crippen LogP contribution is -2.71. The van der Waals surface area contributed by atoms with Crippen LogP contribution in [0.3, 0.4) is 0 Å². The predicted molar refractivity (Wildman–Crippen MR) is 166 cm³/mol. The number of anilines is 2. The fourth-order valence-corrected chi connectivity index (χ4v) is 5.89. The van der Waals surface area contributed by atoms with Gasteiger partial charge in [-0.3, -0.25) is 34.7 Å². The van der Waals surface area contributed by atoms with Crippen LogP contribution >= 0.6 is 23.1 Å². The number of esters is 1. The molecule has 0 spiro atoms. The summed E-state index contributed by atoms with van der Waals surface area (Å²) in [5, 5.41) is 26.4. The van der Waals surface area contributed by atoms with Crippen LogP contribution in [-0.2, 0) is 38.3 Å². The van der Waals surface area contributed by atoms with Crippen LogP contribution in [0.25, 0.3) is 0 Å². The summed E-state index contributed by atoms with van der Waals surface area (Å²) in [5.41, 5.74) is -3.30. The molecular formula is C26H30N8O12S2. The Balaban J connectivity index is 1.58. The van der Waals surface area contributed by atoms with E-state index in [1.165, 1.54) is 19.2 Å². The van der Waals surface area contributed by atoms with Gasteiger partial charge in [0.15, 0.2) is 10.8 Å². The van der Waals surface area contributed by atoms with Crippen molar-refractivity contribution in [1.82, 2.24) is 25.4 Å². The van der Waals surface area contributed by atoms with Crippen molar-refractivity contribution in [3.05, 3.63) is 32.9 Å². The Morgan fingerprint density at radius 2 is 1.88 bits per heavy atom. The van der Waals surface area contributed by atoms with Crippen molar-refractivity contribution in [2.45, 2.75) is 64.2 Å². The highest BCUT2D eigenvalue weighted by Gasteiger charge is 2.54. The van der Waals surface area contributed by atoms with Crippen molar-refractivity contribution in [2.75, 3.05) is 23.0 Å². The number of aliphatic carboxylic acids is 1. The number of hydrogen-bond acceptors (Lipinski definition) is 16. The molecule has 20 nitrogen and oxygen atoms in total. The number of carbonyl (C=O) groups excluding carboxylic acids is 5. The van der Waals surface area contributed by atoms with Crippen molar-refractivity contribution in [3.8, 4) is 0 Å². The summed E-state index contributed by atoms with van der Waals surface area (Å²) in [6.07, 6.45) is -0.820. The highest BCUT2D eigenvalue weighted by atomic mass is 32.2. The Morgan fingerprint density at radius 3 is 2.48 bits per heavy atom. The molecule has 2 aliphatic heterocycles. The number of carboxylic acid groups (broad SMARTS) is 1. The van der Waals surface area contributed by atoms with Gasteiger partial charge in [-0.2, -0.15) is 0 Å². The van der Waals surface area contributed by atoms with Crippen LogP contribution < -0.4 is 21.7 Å². The maximum Gasteiger partial charge on any atom is 0.435 e. The number of carbonyl (C=O) groups is 6. The lowest BCUT2D eigenvalue weighted by atomic mass is 10.0. The van der Waals surface area contributed by atoms with Crippen LogP contribution in [0, 0.1) is 0 Å². The topological polar surface area (TPSA) is 274 Å². The molecule has 0 bridgehead atoms. The average Bonchev–Trinajstić information content (AvgIpc) is 3.61. The minimum atomic E-state index is -1.87. The summed E-state index contributed by atoms with van der Waals surface area (Å²) in [6.45, 7) is 8.20. The number of amides is 4. The number of ether oxygens (including phenoxy) is 2. The Bertz CT molecular complexity index is 1770. The molecule has 2 aromatic rings. The van der Waals surface area contributed by atoms with E-state index in [0.717, 1.165) is 34.9 Å². The van der Waals surface area contributed by atoms with E-state index in [9.17, 15) is 38.7 Å². The summed E-state index contributed by atoms with van der Waals surface area (Å²) >= 11 is 2.05. The van der Waals surface area contributed by atoms with Crippen molar-refractivity contribution >= 4 is 75.7 Å². The highest BCUT2D eigenvalue weighted by molar-refractivity contribution is 8.00. The van der Waals surface area contributed by atoms with Crippen molar-refractivity contribution in [3.63, 3.8) is 0 Å². The molecule has 0 radical (unpaired) electrons. The number of thiazole rings is 1. The third-order valence-corrected chi connectivity index (χ3v) is 8.20. The molecule has 0 aromatic carbocycles. The fraction of sp³-hybridized carbons (Fsp3) is 0.462.